The van der Waals surface area contributed by atoms with Crippen molar-refractivity contribution in [2.45, 2.75) is 19.9 Å². The van der Waals surface area contributed by atoms with Crippen LogP contribution >= 0.6 is 0 Å². The summed E-state index contributed by atoms with van der Waals surface area (Å²) in [4.78, 5) is 12.6. The number of fused-ring (bicyclic) bond motifs is 1. The Kier molecular flexibility index (Phi) is 4.83. The highest BCUT2D eigenvalue weighted by Crippen LogP contribution is 2.28. The topological polar surface area (TPSA) is 77.8 Å². The highest BCUT2D eigenvalue weighted by Gasteiger charge is 2.18. The van der Waals surface area contributed by atoms with Crippen LogP contribution in [0.2, 0.25) is 0 Å². The third kappa shape index (κ3) is 3.40. The van der Waals surface area contributed by atoms with Crippen LogP contribution in [0.25, 0.3) is 5.65 Å². The normalized spacial score (nSPS) is 12.0. The fourth-order valence-electron chi connectivity index (χ4n) is 2.58. The van der Waals surface area contributed by atoms with E-state index in [0.29, 0.717) is 29.5 Å². The predicted octanol–water partition coefficient (Wildman–Crippen LogP) is 2.63. The molecule has 7 heteroatoms. The summed E-state index contributed by atoms with van der Waals surface area (Å²) in [5, 5.41) is 11.2. The number of hydrogen-bond donors (Lipinski definition) is 1. The van der Waals surface area contributed by atoms with Gasteiger partial charge in [0.05, 0.1) is 19.8 Å². The third-order valence-electron chi connectivity index (χ3n) is 3.80. The van der Waals surface area contributed by atoms with Gasteiger partial charge in [-0.2, -0.15) is 0 Å². The second-order valence-corrected chi connectivity index (χ2v) is 5.48. The zero-order valence-electron chi connectivity index (χ0n) is 14.4. The summed E-state index contributed by atoms with van der Waals surface area (Å²) in [5.41, 5.74) is 1.22. The van der Waals surface area contributed by atoms with Crippen LogP contribution < -0.4 is 14.8 Å². The van der Waals surface area contributed by atoms with Gasteiger partial charge >= 0.3 is 0 Å². The molecule has 0 radical (unpaired) electrons. The minimum Gasteiger partial charge on any atom is -0.493 e. The number of aromatic nitrogens is 3. The van der Waals surface area contributed by atoms with Gasteiger partial charge in [-0.15, -0.1) is 10.2 Å². The first-order chi connectivity index (χ1) is 12.1. The lowest BCUT2D eigenvalue weighted by Crippen LogP contribution is -2.28. The Labute approximate surface area is 145 Å². The van der Waals surface area contributed by atoms with Gasteiger partial charge in [-0.1, -0.05) is 6.07 Å². The molecule has 1 amide bonds. The smallest absolute Gasteiger partial charge is 0.252 e. The minimum absolute atomic E-state index is 0.221. The molecular formula is C18H20N4O3. The van der Waals surface area contributed by atoms with Crippen LogP contribution in [0.5, 0.6) is 11.5 Å². The van der Waals surface area contributed by atoms with Gasteiger partial charge in [0.15, 0.2) is 23.0 Å². The van der Waals surface area contributed by atoms with Gasteiger partial charge in [0, 0.05) is 11.8 Å². The first-order valence-electron chi connectivity index (χ1n) is 8.05. The van der Waals surface area contributed by atoms with Gasteiger partial charge < -0.3 is 14.8 Å². The van der Waals surface area contributed by atoms with E-state index in [9.17, 15) is 4.79 Å². The van der Waals surface area contributed by atoms with Gasteiger partial charge in [-0.05, 0) is 44.2 Å². The molecule has 1 atom stereocenters. The lowest BCUT2D eigenvalue weighted by atomic mass is 10.1. The first kappa shape index (κ1) is 16.8. The molecule has 0 aliphatic heterocycles. The van der Waals surface area contributed by atoms with Crippen LogP contribution in [0.4, 0.5) is 0 Å². The van der Waals surface area contributed by atoms with Gasteiger partial charge in [0.2, 0.25) is 0 Å². The van der Waals surface area contributed by atoms with E-state index in [1.165, 1.54) is 0 Å². The number of nitrogens with one attached hydrogen (secondary N) is 1. The van der Waals surface area contributed by atoms with Crippen molar-refractivity contribution in [3.05, 3.63) is 54.0 Å². The van der Waals surface area contributed by atoms with E-state index >= 15 is 0 Å². The van der Waals surface area contributed by atoms with Gasteiger partial charge in [-0.3, -0.25) is 9.20 Å². The monoisotopic (exact) mass is 340 g/mol. The standard InChI is InChI=1S/C18H20N4O3/c1-4-25-14-9-8-13(11-15(14)24-3)18(23)19-12(2)17-21-20-16-7-5-6-10-22(16)17/h5-12H,4H2,1-3H3,(H,19,23). The summed E-state index contributed by atoms with van der Waals surface area (Å²) in [5.74, 6) is 1.58. The summed E-state index contributed by atoms with van der Waals surface area (Å²) in [6.07, 6.45) is 1.87. The highest BCUT2D eigenvalue weighted by molar-refractivity contribution is 5.95. The van der Waals surface area contributed by atoms with E-state index in [0.717, 1.165) is 5.65 Å². The molecule has 7 nitrogen and oxygen atoms in total. The SMILES string of the molecule is CCOc1ccc(C(=O)NC(C)c2nnc3ccccn23)cc1OC. The number of pyridine rings is 1. The number of ether oxygens (including phenoxy) is 2. The van der Waals surface area contributed by atoms with Crippen LogP contribution in [0.3, 0.4) is 0 Å². The van der Waals surface area contributed by atoms with Gasteiger partial charge in [0.25, 0.3) is 5.91 Å². The van der Waals surface area contributed by atoms with Gasteiger partial charge in [0.1, 0.15) is 0 Å². The number of nitrogens with zero attached hydrogens (tertiary/aromatic N) is 3. The number of rotatable bonds is 6. The van der Waals surface area contributed by atoms with Crippen molar-refractivity contribution >= 4 is 11.6 Å². The van der Waals surface area contributed by atoms with Crippen molar-refractivity contribution in [3.8, 4) is 11.5 Å². The molecule has 2 aromatic heterocycles. The molecule has 1 unspecified atom stereocenters. The molecule has 0 spiro atoms. The summed E-state index contributed by atoms with van der Waals surface area (Å²) in [7, 11) is 1.55. The summed E-state index contributed by atoms with van der Waals surface area (Å²) < 4.78 is 12.6. The fraction of sp³-hybridized carbons (Fsp3) is 0.278. The molecule has 0 bridgehead atoms. The molecule has 2 heterocycles. The molecule has 3 rings (SSSR count). The Hall–Kier alpha value is -3.09. The molecule has 0 aliphatic rings. The molecule has 0 fully saturated rings. The second-order valence-electron chi connectivity index (χ2n) is 5.48. The lowest BCUT2D eigenvalue weighted by molar-refractivity contribution is 0.0937. The summed E-state index contributed by atoms with van der Waals surface area (Å²) in [6.45, 7) is 4.29. The van der Waals surface area contributed by atoms with Crippen molar-refractivity contribution in [2.75, 3.05) is 13.7 Å². The van der Waals surface area contributed by atoms with Crippen molar-refractivity contribution < 1.29 is 14.3 Å². The molecule has 0 saturated heterocycles. The number of hydrogen-bond acceptors (Lipinski definition) is 5. The van der Waals surface area contributed by atoms with Crippen molar-refractivity contribution in [1.82, 2.24) is 19.9 Å². The molecule has 130 valence electrons. The zero-order chi connectivity index (χ0) is 17.8. The summed E-state index contributed by atoms with van der Waals surface area (Å²) in [6, 6.07) is 10.4. The Balaban J connectivity index is 1.79. The van der Waals surface area contributed by atoms with E-state index in [-0.39, 0.29) is 11.9 Å². The average Bonchev–Trinajstić information content (AvgIpc) is 3.06. The highest BCUT2D eigenvalue weighted by atomic mass is 16.5. The van der Waals surface area contributed by atoms with E-state index in [2.05, 4.69) is 15.5 Å². The lowest BCUT2D eigenvalue weighted by Gasteiger charge is -2.14. The van der Waals surface area contributed by atoms with Crippen LogP contribution in [0.15, 0.2) is 42.6 Å². The molecule has 25 heavy (non-hydrogen) atoms. The van der Waals surface area contributed by atoms with Crippen molar-refractivity contribution in [1.29, 1.82) is 0 Å². The number of amides is 1. The Bertz CT molecular complexity index is 891. The van der Waals surface area contributed by atoms with E-state index < -0.39 is 0 Å². The number of benzene rings is 1. The number of methoxy groups -OCH3 is 1. The van der Waals surface area contributed by atoms with E-state index in [1.807, 2.05) is 42.6 Å². The van der Waals surface area contributed by atoms with Crippen LogP contribution in [-0.2, 0) is 0 Å². The molecule has 0 aliphatic carbocycles. The number of carbonyl (C=O) groups is 1. The number of carbonyl (C=O) groups excluding carboxylic acids is 1. The van der Waals surface area contributed by atoms with Crippen molar-refractivity contribution in [2.24, 2.45) is 0 Å². The van der Waals surface area contributed by atoms with Crippen LogP contribution in [-0.4, -0.2) is 34.2 Å². The van der Waals surface area contributed by atoms with Crippen LogP contribution in [0, 0.1) is 0 Å². The minimum atomic E-state index is -0.303. The second kappa shape index (κ2) is 7.21. The maximum absolute atomic E-state index is 12.6. The predicted molar refractivity (Wildman–Crippen MR) is 93.0 cm³/mol. The molecule has 1 aromatic carbocycles. The third-order valence-corrected chi connectivity index (χ3v) is 3.80. The first-order valence-corrected chi connectivity index (χ1v) is 8.05. The molecular weight excluding hydrogens is 320 g/mol. The summed E-state index contributed by atoms with van der Waals surface area (Å²) >= 11 is 0. The Morgan fingerprint density at radius 2 is 2.08 bits per heavy atom. The quantitative estimate of drug-likeness (QED) is 0.746. The van der Waals surface area contributed by atoms with Crippen molar-refractivity contribution in [3.63, 3.8) is 0 Å². The largest absolute Gasteiger partial charge is 0.493 e. The van der Waals surface area contributed by atoms with E-state index in [4.69, 9.17) is 9.47 Å². The average molecular weight is 340 g/mol. The maximum Gasteiger partial charge on any atom is 0.252 e. The maximum atomic E-state index is 12.6. The fourth-order valence-corrected chi connectivity index (χ4v) is 2.58. The Morgan fingerprint density at radius 3 is 2.84 bits per heavy atom. The molecule has 0 saturated carbocycles. The van der Waals surface area contributed by atoms with Crippen LogP contribution in [0.1, 0.15) is 36.1 Å². The molecule has 1 N–H and O–H groups in total. The zero-order valence-corrected chi connectivity index (χ0v) is 14.4. The van der Waals surface area contributed by atoms with E-state index in [1.54, 1.807) is 25.3 Å². The molecule has 3 aromatic rings. The Morgan fingerprint density at radius 1 is 1.24 bits per heavy atom. The van der Waals surface area contributed by atoms with Gasteiger partial charge in [-0.25, -0.2) is 0 Å².